The number of hydrogen-bond donors (Lipinski definition) is 0. The first-order chi connectivity index (χ1) is 11.5. The van der Waals surface area contributed by atoms with Crippen LogP contribution in [0.1, 0.15) is 58.8 Å². The maximum Gasteiger partial charge on any atom is 0.0875 e. The van der Waals surface area contributed by atoms with Crippen molar-refractivity contribution in [1.82, 2.24) is 0 Å². The molecular weight excluding hydrogens is 298 g/mol. The molecule has 4 saturated carbocycles. The predicted octanol–water partition coefficient (Wildman–Crippen LogP) is 4.17. The molecule has 132 valence electrons. The first-order valence-electron chi connectivity index (χ1n) is 10.1. The highest BCUT2D eigenvalue weighted by Gasteiger charge is 2.67. The molecule has 5 rings (SSSR count). The fourth-order valence-corrected chi connectivity index (χ4v) is 8.12. The number of rotatable bonds is 1. The molecule has 0 aromatic heterocycles. The van der Waals surface area contributed by atoms with Gasteiger partial charge in [-0.05, 0) is 79.4 Å². The first-order valence-corrected chi connectivity index (χ1v) is 10.1. The van der Waals surface area contributed by atoms with Gasteiger partial charge in [0.05, 0.1) is 30.3 Å². The summed E-state index contributed by atoms with van der Waals surface area (Å²) < 4.78 is 12.2. The molecular formula is C21H31NO2. The number of nitrogens with zero attached hydrogens (tertiary/aromatic N) is 1. The van der Waals surface area contributed by atoms with Gasteiger partial charge in [0, 0.05) is 7.11 Å². The molecule has 0 unspecified atom stereocenters. The molecule has 5 fully saturated rings. The van der Waals surface area contributed by atoms with Crippen molar-refractivity contribution >= 4 is 0 Å². The lowest BCUT2D eigenvalue weighted by atomic mass is 9.44. The van der Waals surface area contributed by atoms with Gasteiger partial charge in [-0.15, -0.1) is 0 Å². The van der Waals surface area contributed by atoms with Crippen LogP contribution in [0.15, 0.2) is 0 Å². The minimum atomic E-state index is 0.174. The third kappa shape index (κ3) is 1.80. The highest BCUT2D eigenvalue weighted by Crippen LogP contribution is 2.69. The normalized spacial score (nSPS) is 61.1. The Labute approximate surface area is 146 Å². The molecule has 0 aromatic carbocycles. The van der Waals surface area contributed by atoms with Gasteiger partial charge in [-0.25, -0.2) is 0 Å². The van der Waals surface area contributed by atoms with Crippen LogP contribution in [0.2, 0.25) is 0 Å². The van der Waals surface area contributed by atoms with Gasteiger partial charge < -0.3 is 9.47 Å². The summed E-state index contributed by atoms with van der Waals surface area (Å²) in [5, 5.41) is 9.70. The summed E-state index contributed by atoms with van der Waals surface area (Å²) in [6.07, 6.45) is 10.1. The summed E-state index contributed by atoms with van der Waals surface area (Å²) in [7, 11) is 1.91. The summed E-state index contributed by atoms with van der Waals surface area (Å²) >= 11 is 0. The largest absolute Gasteiger partial charge is 0.381 e. The lowest BCUT2D eigenvalue weighted by Gasteiger charge is -2.61. The van der Waals surface area contributed by atoms with Gasteiger partial charge in [0.1, 0.15) is 0 Å². The van der Waals surface area contributed by atoms with Crippen LogP contribution < -0.4 is 0 Å². The van der Waals surface area contributed by atoms with Crippen molar-refractivity contribution in [3.8, 4) is 6.07 Å². The summed E-state index contributed by atoms with van der Waals surface area (Å²) in [5.41, 5.74) is 0.556. The standard InChI is InChI=1S/C21H31NO2/c1-20-9-8-16-19(24-16)15(20)7-5-13-14-6-4-12(11-22)21(14,2)10-17(23-3)18(13)20/h12-19H,4-10H2,1-3H3/t12-,13+,14+,15+,16-,17+,18-,19+,20+,21-/m1/s1. The van der Waals surface area contributed by atoms with E-state index in [0.717, 1.165) is 30.6 Å². The van der Waals surface area contributed by atoms with E-state index in [0.29, 0.717) is 29.6 Å². The van der Waals surface area contributed by atoms with Crippen LogP contribution >= 0.6 is 0 Å². The van der Waals surface area contributed by atoms with E-state index in [9.17, 15) is 5.26 Å². The second kappa shape index (κ2) is 4.98. The van der Waals surface area contributed by atoms with Crippen LogP contribution in [0.3, 0.4) is 0 Å². The average Bonchev–Trinajstić information content (AvgIpc) is 3.28. The Morgan fingerprint density at radius 2 is 1.83 bits per heavy atom. The molecule has 1 saturated heterocycles. The van der Waals surface area contributed by atoms with Crippen LogP contribution in [0.5, 0.6) is 0 Å². The molecule has 0 bridgehead atoms. The van der Waals surface area contributed by atoms with Crippen molar-refractivity contribution in [2.75, 3.05) is 7.11 Å². The van der Waals surface area contributed by atoms with Crippen LogP contribution in [-0.4, -0.2) is 25.4 Å². The van der Waals surface area contributed by atoms with Gasteiger partial charge in [-0.2, -0.15) is 5.26 Å². The van der Waals surface area contributed by atoms with Gasteiger partial charge in [-0.3, -0.25) is 0 Å². The summed E-state index contributed by atoms with van der Waals surface area (Å²) in [6.45, 7) is 4.95. The first kappa shape index (κ1) is 15.6. The van der Waals surface area contributed by atoms with Gasteiger partial charge in [0.2, 0.25) is 0 Å². The molecule has 0 radical (unpaired) electrons. The molecule has 5 aliphatic rings. The van der Waals surface area contributed by atoms with E-state index in [4.69, 9.17) is 9.47 Å². The molecule has 0 amide bonds. The quantitative estimate of drug-likeness (QED) is 0.678. The number of fused-ring (bicyclic) bond motifs is 7. The Hall–Kier alpha value is -0.590. The number of nitriles is 1. The maximum absolute atomic E-state index is 9.70. The number of epoxide rings is 1. The zero-order valence-corrected chi connectivity index (χ0v) is 15.3. The van der Waals surface area contributed by atoms with Crippen LogP contribution in [0.4, 0.5) is 0 Å². The van der Waals surface area contributed by atoms with Gasteiger partial charge in [0.15, 0.2) is 0 Å². The van der Waals surface area contributed by atoms with E-state index in [-0.39, 0.29) is 11.3 Å². The van der Waals surface area contributed by atoms with Gasteiger partial charge >= 0.3 is 0 Å². The van der Waals surface area contributed by atoms with Gasteiger partial charge in [0.25, 0.3) is 0 Å². The van der Waals surface area contributed by atoms with Crippen molar-refractivity contribution in [1.29, 1.82) is 5.26 Å². The number of methoxy groups -OCH3 is 1. The van der Waals surface area contributed by atoms with E-state index in [1.54, 1.807) is 0 Å². The van der Waals surface area contributed by atoms with E-state index >= 15 is 0 Å². The van der Waals surface area contributed by atoms with E-state index in [2.05, 4.69) is 19.9 Å². The zero-order chi connectivity index (χ0) is 16.7. The summed E-state index contributed by atoms with van der Waals surface area (Å²) in [4.78, 5) is 0. The molecule has 0 aromatic rings. The molecule has 1 aliphatic heterocycles. The fourth-order valence-electron chi connectivity index (χ4n) is 8.12. The van der Waals surface area contributed by atoms with Crippen LogP contribution in [0.25, 0.3) is 0 Å². The summed E-state index contributed by atoms with van der Waals surface area (Å²) in [5.74, 6) is 3.13. The Morgan fingerprint density at radius 1 is 1.04 bits per heavy atom. The van der Waals surface area contributed by atoms with Crippen molar-refractivity contribution in [3.63, 3.8) is 0 Å². The highest BCUT2D eigenvalue weighted by atomic mass is 16.6. The molecule has 10 atom stereocenters. The van der Waals surface area contributed by atoms with E-state index in [1.165, 1.54) is 32.1 Å². The van der Waals surface area contributed by atoms with Crippen molar-refractivity contribution in [2.45, 2.75) is 77.1 Å². The molecule has 0 spiro atoms. The lowest BCUT2D eigenvalue weighted by Crippen LogP contribution is -2.59. The maximum atomic E-state index is 9.70. The zero-order valence-electron chi connectivity index (χ0n) is 15.3. The Morgan fingerprint density at radius 3 is 2.58 bits per heavy atom. The second-order valence-electron chi connectivity index (χ2n) is 9.91. The van der Waals surface area contributed by atoms with Gasteiger partial charge in [-0.1, -0.05) is 13.8 Å². The highest BCUT2D eigenvalue weighted by molar-refractivity contribution is 5.17. The molecule has 1 heterocycles. The fraction of sp³-hybridized carbons (Fsp3) is 0.952. The average molecular weight is 329 g/mol. The van der Waals surface area contributed by atoms with E-state index in [1.807, 2.05) is 7.11 Å². The SMILES string of the molecule is CO[C@H]1C[C@]2(C)[C@@H](C#N)CC[C@H]2[C@@H]2CC[C@H]3[C@@H]4O[C@@H]4CC[C@]3(C)[C@H]21. The monoisotopic (exact) mass is 329 g/mol. The lowest BCUT2D eigenvalue weighted by molar-refractivity contribution is -0.173. The third-order valence-corrected chi connectivity index (χ3v) is 9.29. The molecule has 24 heavy (non-hydrogen) atoms. The molecule has 3 heteroatoms. The molecule has 4 aliphatic carbocycles. The van der Waals surface area contributed by atoms with Crippen molar-refractivity contribution in [2.24, 2.45) is 40.4 Å². The molecule has 3 nitrogen and oxygen atoms in total. The topological polar surface area (TPSA) is 45.5 Å². The van der Waals surface area contributed by atoms with Crippen LogP contribution in [-0.2, 0) is 9.47 Å². The second-order valence-corrected chi connectivity index (χ2v) is 9.91. The minimum Gasteiger partial charge on any atom is -0.381 e. The van der Waals surface area contributed by atoms with Crippen molar-refractivity contribution < 1.29 is 9.47 Å². The van der Waals surface area contributed by atoms with Crippen molar-refractivity contribution in [3.05, 3.63) is 0 Å². The molecule has 0 N–H and O–H groups in total. The predicted molar refractivity (Wildman–Crippen MR) is 91.1 cm³/mol. The van der Waals surface area contributed by atoms with E-state index < -0.39 is 0 Å². The minimum absolute atomic E-state index is 0.174. The summed E-state index contributed by atoms with van der Waals surface area (Å²) in [6, 6.07) is 2.65. The number of ether oxygens (including phenoxy) is 2. The third-order valence-electron chi connectivity index (χ3n) is 9.29. The Balaban J connectivity index is 1.53. The Bertz CT molecular complexity index is 585. The van der Waals surface area contributed by atoms with Crippen LogP contribution in [0, 0.1) is 51.8 Å². The number of hydrogen-bond acceptors (Lipinski definition) is 3. The Kier molecular flexibility index (Phi) is 3.25. The smallest absolute Gasteiger partial charge is 0.0875 e.